The maximum absolute atomic E-state index is 12.8. The number of halogens is 1. The summed E-state index contributed by atoms with van der Waals surface area (Å²) in [6, 6.07) is 3.55. The first-order valence-electron chi connectivity index (χ1n) is 9.86. The van der Waals surface area contributed by atoms with Crippen molar-refractivity contribution in [3.8, 4) is 0 Å². The normalized spacial score (nSPS) is 27.6. The lowest BCUT2D eigenvalue weighted by molar-refractivity contribution is -0.137. The summed E-state index contributed by atoms with van der Waals surface area (Å²) in [7, 11) is 1.90. The zero-order chi connectivity index (χ0) is 19.0. The Balaban J connectivity index is 1.36. The Morgan fingerprint density at radius 3 is 2.74 bits per heavy atom. The Morgan fingerprint density at radius 1 is 1.33 bits per heavy atom. The van der Waals surface area contributed by atoms with Gasteiger partial charge in [-0.25, -0.2) is 9.78 Å². The molecule has 146 valence electrons. The number of likely N-dealkylation sites (N-methyl/N-ethyl adjacent to an activating group) is 1. The van der Waals surface area contributed by atoms with E-state index >= 15 is 0 Å². The Hall–Kier alpha value is -1.66. The summed E-state index contributed by atoms with van der Waals surface area (Å²) in [5.41, 5.74) is 0.523. The zero-order valence-corrected chi connectivity index (χ0v) is 16.5. The van der Waals surface area contributed by atoms with Gasteiger partial charge in [0.05, 0.1) is 0 Å². The quantitative estimate of drug-likeness (QED) is 0.583. The van der Waals surface area contributed by atoms with E-state index in [0.29, 0.717) is 23.7 Å². The molecule has 0 bridgehead atoms. The van der Waals surface area contributed by atoms with Crippen LogP contribution in [0.5, 0.6) is 0 Å². The van der Waals surface area contributed by atoms with Crippen LogP contribution in [0, 0.1) is 5.92 Å². The minimum absolute atomic E-state index is 0.00205. The number of carbonyl (C=O) groups excluding carboxylic acids is 2. The number of fused-ring (bicyclic) bond motifs is 2. The van der Waals surface area contributed by atoms with E-state index < -0.39 is 11.6 Å². The van der Waals surface area contributed by atoms with Crippen LogP contribution >= 0.6 is 11.6 Å². The third kappa shape index (κ3) is 3.57. The van der Waals surface area contributed by atoms with Gasteiger partial charge in [0.15, 0.2) is 5.69 Å². The van der Waals surface area contributed by atoms with Crippen molar-refractivity contribution in [3.63, 3.8) is 0 Å². The molecule has 0 atom stereocenters. The molecule has 0 radical (unpaired) electrons. The van der Waals surface area contributed by atoms with E-state index in [4.69, 9.17) is 16.3 Å². The van der Waals surface area contributed by atoms with E-state index in [1.54, 1.807) is 6.07 Å². The predicted octanol–water partition coefficient (Wildman–Crippen LogP) is 2.85. The molecule has 0 aromatic carbocycles. The standard InChI is InChI=1S/C20H26ClN3O3/c1-23(12-13-24-10-2-3-11-24)18(25)14-6-8-20(9-7-14)15-4-5-16(21)22-17(15)19(26)27-20/h4-5,14H,2-3,6-13H2,1H3/t14-,20-. The van der Waals surface area contributed by atoms with Crippen molar-refractivity contribution in [1.82, 2.24) is 14.8 Å². The average molecular weight is 392 g/mol. The molecule has 0 N–H and O–H groups in total. The van der Waals surface area contributed by atoms with Gasteiger partial charge in [-0.2, -0.15) is 0 Å². The lowest BCUT2D eigenvalue weighted by atomic mass is 9.75. The molecule has 1 spiro atoms. The average Bonchev–Trinajstić information content (AvgIpc) is 3.27. The molecule has 1 aromatic rings. The van der Waals surface area contributed by atoms with Gasteiger partial charge in [-0.3, -0.25) is 4.79 Å². The van der Waals surface area contributed by atoms with Crippen LogP contribution in [0.2, 0.25) is 5.15 Å². The molecule has 6 nitrogen and oxygen atoms in total. The van der Waals surface area contributed by atoms with Gasteiger partial charge in [-0.1, -0.05) is 11.6 Å². The fourth-order valence-electron chi connectivity index (χ4n) is 4.66. The number of hydrogen-bond donors (Lipinski definition) is 0. The number of carbonyl (C=O) groups is 2. The van der Waals surface area contributed by atoms with Gasteiger partial charge in [0.25, 0.3) is 0 Å². The fraction of sp³-hybridized carbons (Fsp3) is 0.650. The summed E-state index contributed by atoms with van der Waals surface area (Å²) in [5, 5.41) is 0.297. The molecule has 2 aliphatic heterocycles. The van der Waals surface area contributed by atoms with Gasteiger partial charge in [-0.05, 0) is 63.7 Å². The minimum Gasteiger partial charge on any atom is -0.449 e. The molecule has 1 amide bonds. The van der Waals surface area contributed by atoms with Crippen molar-refractivity contribution in [3.05, 3.63) is 28.5 Å². The number of aromatic nitrogens is 1. The number of hydrogen-bond acceptors (Lipinski definition) is 5. The number of ether oxygens (including phenoxy) is 1. The molecule has 7 heteroatoms. The third-order valence-corrected chi connectivity index (χ3v) is 6.51. The molecule has 2 fully saturated rings. The second kappa shape index (κ2) is 7.40. The maximum atomic E-state index is 12.8. The van der Waals surface area contributed by atoms with Crippen molar-refractivity contribution in [2.75, 3.05) is 33.2 Å². The number of rotatable bonds is 4. The molecular weight excluding hydrogens is 366 g/mol. The molecule has 1 saturated heterocycles. The third-order valence-electron chi connectivity index (χ3n) is 6.30. The van der Waals surface area contributed by atoms with Gasteiger partial charge < -0.3 is 14.5 Å². The largest absolute Gasteiger partial charge is 0.449 e. The highest BCUT2D eigenvalue weighted by Crippen LogP contribution is 2.48. The van der Waals surface area contributed by atoms with Crippen LogP contribution in [0.4, 0.5) is 0 Å². The lowest BCUT2D eigenvalue weighted by Gasteiger charge is -2.37. The van der Waals surface area contributed by atoms with Crippen molar-refractivity contribution in [2.45, 2.75) is 44.1 Å². The number of amides is 1. The summed E-state index contributed by atoms with van der Waals surface area (Å²) in [5.74, 6) is -0.190. The van der Waals surface area contributed by atoms with Crippen LogP contribution in [0.3, 0.4) is 0 Å². The first-order chi connectivity index (χ1) is 13.0. The second-order valence-electron chi connectivity index (χ2n) is 8.00. The van der Waals surface area contributed by atoms with Gasteiger partial charge in [0.1, 0.15) is 10.8 Å². The van der Waals surface area contributed by atoms with Crippen LogP contribution in [0.25, 0.3) is 0 Å². The Bertz CT molecular complexity index is 740. The fourth-order valence-corrected chi connectivity index (χ4v) is 4.81. The van der Waals surface area contributed by atoms with E-state index in [1.807, 2.05) is 18.0 Å². The highest BCUT2D eigenvalue weighted by molar-refractivity contribution is 6.29. The molecule has 27 heavy (non-hydrogen) atoms. The van der Waals surface area contributed by atoms with Crippen molar-refractivity contribution in [1.29, 1.82) is 0 Å². The summed E-state index contributed by atoms with van der Waals surface area (Å²) in [6.45, 7) is 4.03. The van der Waals surface area contributed by atoms with Crippen LogP contribution < -0.4 is 0 Å². The first-order valence-corrected chi connectivity index (χ1v) is 10.2. The van der Waals surface area contributed by atoms with E-state index in [-0.39, 0.29) is 11.8 Å². The van der Waals surface area contributed by atoms with E-state index in [0.717, 1.165) is 44.6 Å². The SMILES string of the molecule is CN(CCN1CCCC1)C(=O)[C@H]1CC[C@@]2(CC1)OC(=O)c1nc(Cl)ccc12. The van der Waals surface area contributed by atoms with E-state index in [1.165, 1.54) is 12.8 Å². The van der Waals surface area contributed by atoms with Crippen molar-refractivity contribution >= 4 is 23.5 Å². The topological polar surface area (TPSA) is 62.7 Å². The zero-order valence-electron chi connectivity index (χ0n) is 15.7. The Morgan fingerprint density at radius 2 is 2.04 bits per heavy atom. The van der Waals surface area contributed by atoms with Crippen molar-refractivity contribution < 1.29 is 14.3 Å². The Labute approximate surface area is 164 Å². The molecule has 1 aliphatic carbocycles. The number of pyridine rings is 1. The van der Waals surface area contributed by atoms with Crippen LogP contribution in [-0.2, 0) is 15.1 Å². The second-order valence-corrected chi connectivity index (χ2v) is 8.38. The maximum Gasteiger partial charge on any atom is 0.358 e. The van der Waals surface area contributed by atoms with Crippen LogP contribution in [-0.4, -0.2) is 59.9 Å². The first kappa shape index (κ1) is 18.7. The highest BCUT2D eigenvalue weighted by Gasteiger charge is 2.49. The van der Waals surface area contributed by atoms with Crippen LogP contribution in [0.1, 0.15) is 54.6 Å². The summed E-state index contributed by atoms with van der Waals surface area (Å²) in [6.07, 6.45) is 5.30. The molecule has 3 aliphatic rings. The van der Waals surface area contributed by atoms with Crippen molar-refractivity contribution in [2.24, 2.45) is 5.92 Å². The molecule has 1 saturated carbocycles. The lowest BCUT2D eigenvalue weighted by Crippen LogP contribution is -2.41. The smallest absolute Gasteiger partial charge is 0.358 e. The molecule has 0 unspecified atom stereocenters. The molecule has 1 aromatic heterocycles. The van der Waals surface area contributed by atoms with Gasteiger partial charge in [0, 0.05) is 31.6 Å². The van der Waals surface area contributed by atoms with E-state index in [2.05, 4.69) is 9.88 Å². The number of nitrogens with zero attached hydrogens (tertiary/aromatic N) is 3. The van der Waals surface area contributed by atoms with Gasteiger partial charge in [-0.15, -0.1) is 0 Å². The summed E-state index contributed by atoms with van der Waals surface area (Å²) < 4.78 is 5.73. The predicted molar refractivity (Wildman–Crippen MR) is 102 cm³/mol. The molecular formula is C20H26ClN3O3. The minimum atomic E-state index is -0.630. The molecule has 3 heterocycles. The van der Waals surface area contributed by atoms with E-state index in [9.17, 15) is 9.59 Å². The molecule has 4 rings (SSSR count). The summed E-state index contributed by atoms with van der Waals surface area (Å²) in [4.78, 5) is 33.5. The Kier molecular flexibility index (Phi) is 5.12. The summed E-state index contributed by atoms with van der Waals surface area (Å²) >= 11 is 5.92. The number of likely N-dealkylation sites (tertiary alicyclic amines) is 1. The van der Waals surface area contributed by atoms with Gasteiger partial charge >= 0.3 is 5.97 Å². The monoisotopic (exact) mass is 391 g/mol. The number of esters is 1. The van der Waals surface area contributed by atoms with Crippen LogP contribution in [0.15, 0.2) is 12.1 Å². The van der Waals surface area contributed by atoms with Gasteiger partial charge in [0.2, 0.25) is 5.91 Å². The highest BCUT2D eigenvalue weighted by atomic mass is 35.5.